The summed E-state index contributed by atoms with van der Waals surface area (Å²) in [7, 11) is 0. The molecule has 0 saturated heterocycles. The van der Waals surface area contributed by atoms with Gasteiger partial charge in [-0.05, 0) is 12.1 Å². The van der Waals surface area contributed by atoms with Crippen molar-refractivity contribution in [3.63, 3.8) is 0 Å². The number of allylic oxidation sites excluding steroid dienone is 2. The van der Waals surface area contributed by atoms with Crippen molar-refractivity contribution in [2.75, 3.05) is 23.0 Å². The summed E-state index contributed by atoms with van der Waals surface area (Å²) in [6.45, 7) is 0.110. The molecule has 0 unspecified atom stereocenters. The number of rotatable bonds is 4. The number of benzene rings is 1. The van der Waals surface area contributed by atoms with Crippen molar-refractivity contribution in [1.29, 1.82) is 0 Å². The van der Waals surface area contributed by atoms with Gasteiger partial charge in [-0.3, -0.25) is 4.79 Å². The average Bonchev–Trinajstić information content (AvgIpc) is 2.52. The molecule has 0 bridgehead atoms. The molecule has 1 aliphatic carbocycles. The predicted molar refractivity (Wildman–Crippen MR) is 90.1 cm³/mol. The molecular weight excluding hydrogens is 302 g/mol. The first kappa shape index (κ1) is 14.8. The molecule has 0 radical (unpaired) electrons. The smallest absolute Gasteiger partial charge is 0.237 e. The van der Waals surface area contributed by atoms with Gasteiger partial charge in [-0.25, -0.2) is 0 Å². The molecule has 5 heteroatoms. The highest BCUT2D eigenvalue weighted by Gasteiger charge is 2.36. The van der Waals surface area contributed by atoms with Crippen LogP contribution in [-0.4, -0.2) is 40.4 Å². The Hall–Kier alpha value is -1.17. The van der Waals surface area contributed by atoms with E-state index in [0.29, 0.717) is 11.5 Å². The van der Waals surface area contributed by atoms with E-state index in [9.17, 15) is 4.79 Å². The van der Waals surface area contributed by atoms with Crippen molar-refractivity contribution in [2.24, 2.45) is 0 Å². The highest BCUT2D eigenvalue weighted by atomic mass is 32.2. The van der Waals surface area contributed by atoms with E-state index < -0.39 is 0 Å². The first-order chi connectivity index (χ1) is 10.3. The molecule has 1 aromatic rings. The maximum Gasteiger partial charge on any atom is 0.237 e. The van der Waals surface area contributed by atoms with Gasteiger partial charge in [0, 0.05) is 10.6 Å². The Kier molecular flexibility index (Phi) is 4.73. The van der Waals surface area contributed by atoms with Crippen molar-refractivity contribution in [3.05, 3.63) is 48.6 Å². The summed E-state index contributed by atoms with van der Waals surface area (Å²) in [6.07, 6.45) is 8.32. The van der Waals surface area contributed by atoms with Crippen LogP contribution in [0.15, 0.2) is 53.5 Å². The number of amides is 1. The summed E-state index contributed by atoms with van der Waals surface area (Å²) in [5.74, 6) is 1.11. The lowest BCUT2D eigenvalue weighted by molar-refractivity contribution is -0.116. The average molecular weight is 319 g/mol. The zero-order chi connectivity index (χ0) is 14.7. The van der Waals surface area contributed by atoms with Crippen molar-refractivity contribution in [3.8, 4) is 0 Å². The molecule has 3 nitrogen and oxygen atoms in total. The van der Waals surface area contributed by atoms with E-state index in [1.165, 1.54) is 11.8 Å². The van der Waals surface area contributed by atoms with E-state index >= 15 is 0 Å². The van der Waals surface area contributed by atoms with Crippen LogP contribution in [0.3, 0.4) is 0 Å². The van der Waals surface area contributed by atoms with Crippen molar-refractivity contribution >= 4 is 35.1 Å². The Balaban J connectivity index is 1.89. The van der Waals surface area contributed by atoms with Gasteiger partial charge in [0.25, 0.3) is 0 Å². The van der Waals surface area contributed by atoms with E-state index in [4.69, 9.17) is 5.11 Å². The van der Waals surface area contributed by atoms with Crippen LogP contribution in [0.2, 0.25) is 0 Å². The molecule has 1 amide bonds. The van der Waals surface area contributed by atoms with Gasteiger partial charge in [-0.1, -0.05) is 36.4 Å². The van der Waals surface area contributed by atoms with E-state index in [1.54, 1.807) is 0 Å². The standard InChI is InChI=1S/C16H17NO2S2/c18-9-10-20-11-16(19)17-12-5-1-3-7-14(12)21-15-8-4-2-6-13(15)17/h1-8,12,14,18H,9-11H2/t12-,14+/m1/s1. The van der Waals surface area contributed by atoms with Crippen molar-refractivity contribution in [2.45, 2.75) is 16.2 Å². The summed E-state index contributed by atoms with van der Waals surface area (Å²) in [6, 6.07) is 8.15. The number of thioether (sulfide) groups is 2. The number of anilines is 1. The predicted octanol–water partition coefficient (Wildman–Crippen LogP) is 2.71. The minimum Gasteiger partial charge on any atom is -0.396 e. The number of aliphatic hydroxyl groups is 1. The molecule has 0 aromatic heterocycles. The molecule has 110 valence electrons. The molecule has 0 fully saturated rings. The topological polar surface area (TPSA) is 40.5 Å². The molecule has 2 atom stereocenters. The Morgan fingerprint density at radius 1 is 1.29 bits per heavy atom. The second-order valence-electron chi connectivity index (χ2n) is 4.85. The largest absolute Gasteiger partial charge is 0.396 e. The van der Waals surface area contributed by atoms with Gasteiger partial charge < -0.3 is 10.0 Å². The number of para-hydroxylation sites is 1. The molecular formula is C16H17NO2S2. The fourth-order valence-corrected chi connectivity index (χ4v) is 4.42. The highest BCUT2D eigenvalue weighted by Crippen LogP contribution is 2.43. The fraction of sp³-hybridized carbons (Fsp3) is 0.312. The first-order valence-electron chi connectivity index (χ1n) is 6.92. The molecule has 1 heterocycles. The van der Waals surface area contributed by atoms with Gasteiger partial charge in [0.15, 0.2) is 0 Å². The van der Waals surface area contributed by atoms with Gasteiger partial charge in [0.1, 0.15) is 0 Å². The Morgan fingerprint density at radius 2 is 2.10 bits per heavy atom. The minimum absolute atomic E-state index is 0.0807. The summed E-state index contributed by atoms with van der Waals surface area (Å²) in [4.78, 5) is 15.7. The maximum atomic E-state index is 12.6. The Morgan fingerprint density at radius 3 is 2.95 bits per heavy atom. The zero-order valence-electron chi connectivity index (χ0n) is 11.5. The van der Waals surface area contributed by atoms with Crippen LogP contribution in [0.5, 0.6) is 0 Å². The minimum atomic E-state index is 0.0807. The third-order valence-corrected chi connectivity index (χ3v) is 5.70. The van der Waals surface area contributed by atoms with Gasteiger partial charge in [-0.2, -0.15) is 0 Å². The fourth-order valence-electron chi connectivity index (χ4n) is 2.57. The monoisotopic (exact) mass is 319 g/mol. The zero-order valence-corrected chi connectivity index (χ0v) is 13.1. The lowest BCUT2D eigenvalue weighted by atomic mass is 10.0. The third-order valence-electron chi connectivity index (χ3n) is 3.47. The van der Waals surface area contributed by atoms with Crippen LogP contribution in [0.1, 0.15) is 0 Å². The quantitative estimate of drug-likeness (QED) is 0.866. The number of hydrogen-bond donors (Lipinski definition) is 1. The summed E-state index contributed by atoms with van der Waals surface area (Å²) in [5, 5.41) is 9.14. The number of carbonyl (C=O) groups excluding carboxylic acids is 1. The lowest BCUT2D eigenvalue weighted by Gasteiger charge is -2.40. The number of carbonyl (C=O) groups is 1. The molecule has 2 aliphatic rings. The van der Waals surface area contributed by atoms with Crippen LogP contribution < -0.4 is 4.90 Å². The van der Waals surface area contributed by atoms with Crippen LogP contribution in [0.4, 0.5) is 5.69 Å². The number of aliphatic hydroxyl groups excluding tert-OH is 1. The Labute approximate surface area is 133 Å². The van der Waals surface area contributed by atoms with Crippen molar-refractivity contribution in [1.82, 2.24) is 0 Å². The molecule has 3 rings (SSSR count). The van der Waals surface area contributed by atoms with E-state index in [1.807, 2.05) is 47.0 Å². The second kappa shape index (κ2) is 6.73. The van der Waals surface area contributed by atoms with Gasteiger partial charge in [0.05, 0.1) is 29.3 Å². The molecule has 1 N–H and O–H groups in total. The molecule has 0 spiro atoms. The van der Waals surface area contributed by atoms with Crippen LogP contribution in [-0.2, 0) is 4.79 Å². The number of fused-ring (bicyclic) bond motifs is 2. The van der Waals surface area contributed by atoms with E-state index in [-0.39, 0.29) is 23.8 Å². The number of nitrogens with zero attached hydrogens (tertiary/aromatic N) is 1. The summed E-state index contributed by atoms with van der Waals surface area (Å²) in [5.41, 5.74) is 0.998. The van der Waals surface area contributed by atoms with Crippen molar-refractivity contribution < 1.29 is 9.90 Å². The van der Waals surface area contributed by atoms with E-state index in [2.05, 4.69) is 18.2 Å². The van der Waals surface area contributed by atoms with Gasteiger partial charge in [0.2, 0.25) is 5.91 Å². The highest BCUT2D eigenvalue weighted by molar-refractivity contribution is 8.00. The third kappa shape index (κ3) is 3.05. The lowest BCUT2D eigenvalue weighted by Crippen LogP contribution is -2.48. The second-order valence-corrected chi connectivity index (χ2v) is 7.18. The summed E-state index contributed by atoms with van der Waals surface area (Å²) >= 11 is 3.29. The number of hydrogen-bond acceptors (Lipinski definition) is 4. The normalized spacial score (nSPS) is 22.8. The van der Waals surface area contributed by atoms with E-state index in [0.717, 1.165) is 10.6 Å². The molecule has 1 aliphatic heterocycles. The van der Waals surface area contributed by atoms with Gasteiger partial charge >= 0.3 is 0 Å². The first-order valence-corrected chi connectivity index (χ1v) is 8.96. The SMILES string of the molecule is O=C(CSCCO)N1c2ccccc2S[C@H]2C=CC=C[C@H]21. The van der Waals surface area contributed by atoms with Crippen LogP contribution in [0, 0.1) is 0 Å². The van der Waals surface area contributed by atoms with Gasteiger partial charge in [-0.15, -0.1) is 23.5 Å². The van der Waals surface area contributed by atoms with Crippen LogP contribution in [0.25, 0.3) is 0 Å². The molecule has 1 aromatic carbocycles. The van der Waals surface area contributed by atoms with Crippen LogP contribution >= 0.6 is 23.5 Å². The Bertz CT molecular complexity index is 585. The molecule has 0 saturated carbocycles. The molecule has 21 heavy (non-hydrogen) atoms. The maximum absolute atomic E-state index is 12.6. The summed E-state index contributed by atoms with van der Waals surface area (Å²) < 4.78 is 0.